The topological polar surface area (TPSA) is 29.5 Å². The Balaban J connectivity index is 2.72. The average Bonchev–Trinajstić information content (AvgIpc) is 2.15. The quantitative estimate of drug-likeness (QED) is 0.751. The monoisotopic (exact) mass is 169 g/mol. The van der Waals surface area contributed by atoms with Gasteiger partial charge in [0, 0.05) is 0 Å². The van der Waals surface area contributed by atoms with E-state index < -0.39 is 13.1 Å². The molecular formula is C10H14O2. The Labute approximate surface area is 77.0 Å². The molecule has 1 atom stereocenters. The third kappa shape index (κ3) is 1.98. The van der Waals surface area contributed by atoms with Crippen LogP contribution in [0.15, 0.2) is 24.3 Å². The first kappa shape index (κ1) is 5.60. The lowest BCUT2D eigenvalue weighted by Gasteiger charge is -2.08. The second kappa shape index (κ2) is 4.12. The Morgan fingerprint density at radius 3 is 2.67 bits per heavy atom. The fraction of sp³-hybridized carbons (Fsp3) is 0.400. The van der Waals surface area contributed by atoms with Gasteiger partial charge in [0.25, 0.3) is 0 Å². The number of ether oxygens (including phenoxy) is 1. The highest BCUT2D eigenvalue weighted by atomic mass is 16.5. The molecule has 0 aliphatic heterocycles. The van der Waals surface area contributed by atoms with Crippen LogP contribution in [0.5, 0.6) is 5.75 Å². The van der Waals surface area contributed by atoms with Crippen LogP contribution in [0.25, 0.3) is 0 Å². The fourth-order valence-electron chi connectivity index (χ4n) is 0.994. The molecular weight excluding hydrogens is 152 g/mol. The van der Waals surface area contributed by atoms with Crippen molar-refractivity contribution >= 4 is 0 Å². The second-order valence-corrected chi connectivity index (χ2v) is 2.60. The van der Waals surface area contributed by atoms with Crippen molar-refractivity contribution in [3.8, 4) is 5.75 Å². The average molecular weight is 169 g/mol. The second-order valence-electron chi connectivity index (χ2n) is 2.60. The number of aliphatic hydroxyl groups is 1. The summed E-state index contributed by atoms with van der Waals surface area (Å²) < 4.78 is 25.4. The van der Waals surface area contributed by atoms with Gasteiger partial charge in [0.15, 0.2) is 0 Å². The lowest BCUT2D eigenvalue weighted by molar-refractivity contribution is 0.173. The first-order chi connectivity index (χ1) is 6.92. The van der Waals surface area contributed by atoms with Crippen LogP contribution < -0.4 is 4.74 Å². The number of aliphatic hydroxyl groups excluding tert-OH is 1. The summed E-state index contributed by atoms with van der Waals surface area (Å²) in [7, 11) is -2.43. The molecule has 0 saturated heterocycles. The zero-order valence-electron chi connectivity index (χ0n) is 9.95. The molecule has 0 radical (unpaired) electrons. The van der Waals surface area contributed by atoms with Crippen LogP contribution in [0.2, 0.25) is 0 Å². The largest absolute Gasteiger partial charge is 0.497 e. The molecule has 0 fully saturated rings. The van der Waals surface area contributed by atoms with Gasteiger partial charge in [0.1, 0.15) is 5.75 Å². The SMILES string of the molecule is [2H]C([2H])([2H])Oc1ccc(C(O)CC)cc1. The molecule has 1 N–H and O–H groups in total. The number of benzene rings is 1. The van der Waals surface area contributed by atoms with Crippen molar-refractivity contribution in [3.63, 3.8) is 0 Å². The summed E-state index contributed by atoms with van der Waals surface area (Å²) in [6, 6.07) is 6.41. The molecule has 1 aromatic carbocycles. The maximum atomic E-state index is 9.50. The van der Waals surface area contributed by atoms with Crippen LogP contribution in [0.1, 0.15) is 29.1 Å². The molecule has 1 unspecified atom stereocenters. The van der Waals surface area contributed by atoms with Gasteiger partial charge in [-0.2, -0.15) is 0 Å². The van der Waals surface area contributed by atoms with E-state index in [4.69, 9.17) is 4.11 Å². The molecule has 2 heteroatoms. The fourth-order valence-corrected chi connectivity index (χ4v) is 0.994. The standard InChI is InChI=1S/C10H14O2/c1-3-10(11)8-4-6-9(12-2)7-5-8/h4-7,10-11H,3H2,1-2H3/i2D3. The van der Waals surface area contributed by atoms with Gasteiger partial charge in [0.05, 0.1) is 17.3 Å². The Morgan fingerprint density at radius 2 is 2.17 bits per heavy atom. The molecule has 12 heavy (non-hydrogen) atoms. The summed E-state index contributed by atoms with van der Waals surface area (Å²) in [4.78, 5) is 0. The van der Waals surface area contributed by atoms with Crippen molar-refractivity contribution in [1.82, 2.24) is 0 Å². The van der Waals surface area contributed by atoms with Crippen molar-refractivity contribution in [2.75, 3.05) is 7.04 Å². The molecule has 0 aliphatic carbocycles. The Morgan fingerprint density at radius 1 is 1.50 bits per heavy atom. The zero-order chi connectivity index (χ0) is 11.5. The van der Waals surface area contributed by atoms with E-state index in [2.05, 4.69) is 4.74 Å². The van der Waals surface area contributed by atoms with Gasteiger partial charge in [-0.25, -0.2) is 0 Å². The van der Waals surface area contributed by atoms with E-state index in [0.717, 1.165) is 5.56 Å². The summed E-state index contributed by atoms with van der Waals surface area (Å²) in [5.74, 6) is 0.280. The minimum Gasteiger partial charge on any atom is -0.497 e. The van der Waals surface area contributed by atoms with E-state index in [1.54, 1.807) is 24.3 Å². The van der Waals surface area contributed by atoms with Crippen LogP contribution in [-0.2, 0) is 0 Å². The lowest BCUT2D eigenvalue weighted by atomic mass is 10.1. The van der Waals surface area contributed by atoms with Crippen molar-refractivity contribution in [3.05, 3.63) is 29.8 Å². The molecule has 0 aliphatic rings. The van der Waals surface area contributed by atoms with Crippen LogP contribution in [0, 0.1) is 0 Å². The van der Waals surface area contributed by atoms with Crippen LogP contribution in [0.4, 0.5) is 0 Å². The van der Waals surface area contributed by atoms with Crippen LogP contribution >= 0.6 is 0 Å². The molecule has 0 aromatic heterocycles. The van der Waals surface area contributed by atoms with E-state index in [1.807, 2.05) is 6.92 Å². The van der Waals surface area contributed by atoms with E-state index in [0.29, 0.717) is 6.42 Å². The molecule has 1 aromatic rings. The van der Waals surface area contributed by atoms with Gasteiger partial charge >= 0.3 is 0 Å². The normalized spacial score (nSPS) is 17.3. The van der Waals surface area contributed by atoms with Crippen molar-refractivity contribution in [2.45, 2.75) is 19.4 Å². The molecule has 2 nitrogen and oxygen atoms in total. The highest BCUT2D eigenvalue weighted by molar-refractivity contribution is 5.28. The Kier molecular flexibility index (Phi) is 1.92. The third-order valence-electron chi connectivity index (χ3n) is 1.77. The minimum atomic E-state index is -2.43. The predicted molar refractivity (Wildman–Crippen MR) is 48.2 cm³/mol. The van der Waals surface area contributed by atoms with E-state index in [1.165, 1.54) is 0 Å². The number of methoxy groups -OCH3 is 1. The highest BCUT2D eigenvalue weighted by Gasteiger charge is 2.03. The summed E-state index contributed by atoms with van der Waals surface area (Å²) in [5.41, 5.74) is 0.760. The van der Waals surface area contributed by atoms with Crippen molar-refractivity contribution in [1.29, 1.82) is 0 Å². The predicted octanol–water partition coefficient (Wildman–Crippen LogP) is 2.14. The smallest absolute Gasteiger partial charge is 0.118 e. The Bertz CT molecular complexity index is 305. The maximum Gasteiger partial charge on any atom is 0.118 e. The summed E-state index contributed by atoms with van der Waals surface area (Å²) in [6.07, 6.45) is 0.117. The highest BCUT2D eigenvalue weighted by Crippen LogP contribution is 2.19. The molecule has 0 bridgehead atoms. The summed E-state index contributed by atoms with van der Waals surface area (Å²) in [5, 5.41) is 9.50. The lowest BCUT2D eigenvalue weighted by Crippen LogP contribution is -1.94. The molecule has 0 heterocycles. The molecule has 0 amide bonds. The van der Waals surface area contributed by atoms with Gasteiger partial charge < -0.3 is 9.84 Å². The zero-order valence-corrected chi connectivity index (χ0v) is 6.95. The van der Waals surface area contributed by atoms with Crippen LogP contribution in [0.3, 0.4) is 0 Å². The van der Waals surface area contributed by atoms with E-state index in [-0.39, 0.29) is 5.75 Å². The minimum absolute atomic E-state index is 0.280. The molecule has 0 saturated carbocycles. The number of rotatable bonds is 3. The first-order valence-electron chi connectivity index (χ1n) is 5.39. The molecule has 0 spiro atoms. The van der Waals surface area contributed by atoms with Gasteiger partial charge in [-0.3, -0.25) is 0 Å². The third-order valence-corrected chi connectivity index (χ3v) is 1.77. The van der Waals surface area contributed by atoms with E-state index in [9.17, 15) is 5.11 Å². The molecule has 1 rings (SSSR count). The summed E-state index contributed by atoms with van der Waals surface area (Å²) in [6.45, 7) is 1.87. The van der Waals surface area contributed by atoms with E-state index >= 15 is 0 Å². The number of hydrogen-bond acceptors (Lipinski definition) is 2. The maximum absolute atomic E-state index is 9.50. The van der Waals surface area contributed by atoms with Gasteiger partial charge in [-0.1, -0.05) is 19.1 Å². The van der Waals surface area contributed by atoms with Gasteiger partial charge in [-0.05, 0) is 24.1 Å². The summed E-state index contributed by atoms with van der Waals surface area (Å²) >= 11 is 0. The number of hydrogen-bond donors (Lipinski definition) is 1. The van der Waals surface area contributed by atoms with Crippen molar-refractivity contribution in [2.24, 2.45) is 0 Å². The van der Waals surface area contributed by atoms with Gasteiger partial charge in [0.2, 0.25) is 0 Å². The van der Waals surface area contributed by atoms with Crippen molar-refractivity contribution < 1.29 is 14.0 Å². The molecule has 66 valence electrons. The van der Waals surface area contributed by atoms with Crippen LogP contribution in [-0.4, -0.2) is 12.1 Å². The van der Waals surface area contributed by atoms with Gasteiger partial charge in [-0.15, -0.1) is 0 Å². The Hall–Kier alpha value is -1.02. The first-order valence-corrected chi connectivity index (χ1v) is 3.89.